The van der Waals surface area contributed by atoms with Gasteiger partial charge in [-0.3, -0.25) is 0 Å². The van der Waals surface area contributed by atoms with Crippen molar-refractivity contribution >= 4 is 68.9 Å². The van der Waals surface area contributed by atoms with Gasteiger partial charge in [0, 0.05) is 19.8 Å². The van der Waals surface area contributed by atoms with Gasteiger partial charge in [0.1, 0.15) is 15.9 Å². The number of halogens is 5. The summed E-state index contributed by atoms with van der Waals surface area (Å²) >= 11 is 14.3. The average Bonchev–Trinajstić information content (AvgIpc) is 3.09. The quantitative estimate of drug-likeness (QED) is 0.0835. The lowest BCUT2D eigenvalue weighted by Crippen LogP contribution is -2.21. The molecule has 0 atom stereocenters. The molecule has 3 nitrogen and oxygen atoms in total. The van der Waals surface area contributed by atoms with Gasteiger partial charge in [-0.15, -0.1) is 0 Å². The fraction of sp³-hybridized carbons (Fsp3) is 0.0769. The van der Waals surface area contributed by atoms with Crippen molar-refractivity contribution < 1.29 is 26.1 Å². The first-order valence-electron chi connectivity index (χ1n) is 15.2. The molecule has 0 aliphatic heterocycles. The predicted octanol–water partition coefficient (Wildman–Crippen LogP) is 9.87. The molecule has 0 unspecified atom stereocenters. The highest BCUT2D eigenvalue weighted by Crippen LogP contribution is 2.36. The smallest absolute Gasteiger partial charge is 0.485 e. The molecule has 0 aliphatic rings. The van der Waals surface area contributed by atoms with E-state index in [1.165, 1.54) is 48.0 Å². The zero-order valence-electron chi connectivity index (χ0n) is 26.3. The topological polar surface area (TPSA) is 57.2 Å². The molecule has 0 saturated heterocycles. The van der Waals surface area contributed by atoms with E-state index in [0.717, 1.165) is 22.9 Å². The van der Waals surface area contributed by atoms with E-state index in [0.29, 0.717) is 0 Å². The summed E-state index contributed by atoms with van der Waals surface area (Å²) in [4.78, 5) is 2.53. The zero-order valence-corrected chi connectivity index (χ0v) is 30.4. The number of hydrogen-bond acceptors (Lipinski definition) is 4. The highest BCUT2D eigenvalue weighted by Gasteiger charge is 2.37. The minimum absolute atomic E-state index is 0.754. The Bertz CT molecular complexity index is 2050. The molecule has 0 saturated carbocycles. The van der Waals surface area contributed by atoms with E-state index in [9.17, 15) is 13.2 Å². The summed E-state index contributed by atoms with van der Waals surface area (Å²) < 4.78 is 58.9. The van der Waals surface area contributed by atoms with Crippen LogP contribution in [0.1, 0.15) is 22.3 Å². The van der Waals surface area contributed by atoms with Crippen molar-refractivity contribution in [3.05, 3.63) is 184 Å². The summed E-state index contributed by atoms with van der Waals surface area (Å²) in [5.41, 5.74) is -0.297. The summed E-state index contributed by atoms with van der Waals surface area (Å²) in [5.74, 6) is 0. The van der Waals surface area contributed by atoms with Gasteiger partial charge in [0.2, 0.25) is 0 Å². The Morgan fingerprint density at radius 3 is 1.44 bits per heavy atom. The Hall–Kier alpha value is -3.62. The normalized spacial score (nSPS) is 11.6. The third-order valence-electron chi connectivity index (χ3n) is 7.56. The van der Waals surface area contributed by atoms with Crippen molar-refractivity contribution in [1.82, 2.24) is 0 Å². The van der Waals surface area contributed by atoms with E-state index >= 15 is 0 Å². The molecular formula is C39H30Cl2F3O3PS2. The lowest BCUT2D eigenvalue weighted by molar-refractivity contribution is -0.0517. The molecule has 0 fully saturated rings. The van der Waals surface area contributed by atoms with Gasteiger partial charge in [0.05, 0.1) is 7.92 Å². The van der Waals surface area contributed by atoms with Crippen LogP contribution in [-0.4, -0.2) is 18.5 Å². The van der Waals surface area contributed by atoms with Gasteiger partial charge in [-0.2, -0.15) is 13.2 Å². The maximum absolute atomic E-state index is 10.7. The fourth-order valence-corrected chi connectivity index (χ4v) is 8.82. The van der Waals surface area contributed by atoms with Crippen LogP contribution in [0.2, 0.25) is 10.0 Å². The lowest BCUT2D eigenvalue weighted by Gasteiger charge is -2.13. The molecule has 0 radical (unpaired) electrons. The first-order valence-corrected chi connectivity index (χ1v) is 19.7. The maximum Gasteiger partial charge on any atom is 0.485 e. The van der Waals surface area contributed by atoms with Crippen LogP contribution in [0.3, 0.4) is 0 Å². The third kappa shape index (κ3) is 10.7. The van der Waals surface area contributed by atoms with Gasteiger partial charge >= 0.3 is 5.51 Å². The molecule has 0 heterocycles. The molecule has 0 amide bonds. The largest absolute Gasteiger partial charge is 0.741 e. The molecule has 11 heteroatoms. The van der Waals surface area contributed by atoms with Crippen molar-refractivity contribution in [3.8, 4) is 0 Å². The first kappa shape index (κ1) is 37.6. The van der Waals surface area contributed by atoms with Crippen LogP contribution in [-0.2, 0) is 23.0 Å². The second kappa shape index (κ2) is 17.1. The van der Waals surface area contributed by atoms with Crippen molar-refractivity contribution in [3.63, 3.8) is 0 Å². The molecule has 6 rings (SSSR count). The predicted molar refractivity (Wildman–Crippen MR) is 201 cm³/mol. The molecule has 0 N–H and O–H groups in total. The Kier molecular flexibility index (Phi) is 12.8. The van der Waals surface area contributed by atoms with Crippen LogP contribution in [0.4, 0.5) is 13.2 Å². The number of hydrogen-bond donors (Lipinski definition) is 0. The van der Waals surface area contributed by atoms with Crippen LogP contribution < -0.4 is 15.9 Å². The molecule has 0 bridgehead atoms. The molecule has 6 aromatic carbocycles. The average molecular weight is 770 g/mol. The number of alkyl halides is 3. The molecule has 0 spiro atoms. The summed E-state index contributed by atoms with van der Waals surface area (Å²) in [6.45, 7) is 0. The second-order valence-electron chi connectivity index (χ2n) is 11.2. The van der Waals surface area contributed by atoms with Gasteiger partial charge < -0.3 is 4.55 Å². The van der Waals surface area contributed by atoms with E-state index in [2.05, 4.69) is 127 Å². The Morgan fingerprint density at radius 2 is 0.960 bits per heavy atom. The van der Waals surface area contributed by atoms with Crippen molar-refractivity contribution in [1.29, 1.82) is 0 Å². The van der Waals surface area contributed by atoms with Crippen LogP contribution >= 0.6 is 42.9 Å². The van der Waals surface area contributed by atoms with E-state index < -0.39 is 23.5 Å². The molecule has 0 aliphatic carbocycles. The van der Waals surface area contributed by atoms with Gasteiger partial charge in [0.15, 0.2) is 10.1 Å². The van der Waals surface area contributed by atoms with Crippen LogP contribution in [0, 0.1) is 0 Å². The summed E-state index contributed by atoms with van der Waals surface area (Å²) in [6, 6.07) is 54.1. The molecule has 50 heavy (non-hydrogen) atoms. The maximum atomic E-state index is 10.7. The standard InChI is InChI=1S/C38H29Cl2PS.CHF3O3S/c39-32-14-18-34(19-15-32)41(35-20-16-33(40)17-21-35)36-22-24-37(25-23-36)42-38-9-5-4-8-31(38)27-30-12-10-29(11-13-30)26-28-6-2-1-3-7-28;2-1(3,4)8(5,6)7/h1-25H,26-27H2;(H,5,6,7). The Balaban J connectivity index is 0.000000544. The van der Waals surface area contributed by atoms with Gasteiger partial charge in [0.25, 0.3) is 0 Å². The van der Waals surface area contributed by atoms with Crippen LogP contribution in [0.25, 0.3) is 0 Å². The van der Waals surface area contributed by atoms with E-state index in [1.54, 1.807) is 0 Å². The second-order valence-corrected chi connectivity index (χ2v) is 17.0. The minimum Gasteiger partial charge on any atom is -0.741 e. The Morgan fingerprint density at radius 1 is 0.560 bits per heavy atom. The summed E-state index contributed by atoms with van der Waals surface area (Å²) in [7, 11) is -7.29. The fourth-order valence-electron chi connectivity index (χ4n) is 5.13. The third-order valence-corrected chi connectivity index (χ3v) is 12.5. The highest BCUT2D eigenvalue weighted by molar-refractivity contribution is 7.99. The van der Waals surface area contributed by atoms with Gasteiger partial charge in [-0.25, -0.2) is 8.42 Å². The van der Waals surface area contributed by atoms with E-state index in [-0.39, 0.29) is 0 Å². The summed E-state index contributed by atoms with van der Waals surface area (Å²) in [5, 5.41) is 5.44. The number of rotatable bonds is 9. The van der Waals surface area contributed by atoms with Gasteiger partial charge in [-0.1, -0.05) is 108 Å². The molecule has 6 aromatic rings. The van der Waals surface area contributed by atoms with Crippen LogP contribution in [0.15, 0.2) is 161 Å². The minimum atomic E-state index is -6.09. The lowest BCUT2D eigenvalue weighted by atomic mass is 10.0. The highest BCUT2D eigenvalue weighted by atomic mass is 35.5. The van der Waals surface area contributed by atoms with Crippen molar-refractivity contribution in [2.45, 2.75) is 28.1 Å². The first-order chi connectivity index (χ1) is 23.9. The van der Waals surface area contributed by atoms with E-state index in [1.807, 2.05) is 36.0 Å². The van der Waals surface area contributed by atoms with Crippen LogP contribution in [0.5, 0.6) is 0 Å². The SMILES string of the molecule is Clc1ccc([PH+](c2ccc(Cl)cc2)c2ccc(Sc3ccccc3Cc3ccc(Cc4ccccc4)cc3)cc2)cc1.O=S(=O)([O-])C(F)(F)F. The Labute approximate surface area is 305 Å². The monoisotopic (exact) mass is 768 g/mol. The number of benzene rings is 6. The molecule has 256 valence electrons. The molecule has 0 aromatic heterocycles. The zero-order chi connectivity index (χ0) is 35.7. The van der Waals surface area contributed by atoms with Crippen molar-refractivity contribution in [2.24, 2.45) is 0 Å². The van der Waals surface area contributed by atoms with Crippen molar-refractivity contribution in [2.75, 3.05) is 0 Å². The summed E-state index contributed by atoms with van der Waals surface area (Å²) in [6.07, 6.45) is 1.87. The molecular weight excluding hydrogens is 739 g/mol. The van der Waals surface area contributed by atoms with E-state index in [4.69, 9.17) is 36.2 Å². The van der Waals surface area contributed by atoms with Gasteiger partial charge in [-0.05, 0) is 114 Å².